The summed E-state index contributed by atoms with van der Waals surface area (Å²) in [5, 5.41) is 3.37. The molecule has 3 N–H and O–H groups in total. The molecule has 0 radical (unpaired) electrons. The normalized spacial score (nSPS) is 12.5. The molecule has 15 heavy (non-hydrogen) atoms. The van der Waals surface area contributed by atoms with Crippen molar-refractivity contribution in [2.45, 2.75) is 6.92 Å². The Kier molecular flexibility index (Phi) is 5.32. The maximum Gasteiger partial charge on any atom is 0.0585 e. The Bertz CT molecular complexity index is 317. The average molecular weight is 289 g/mol. The van der Waals surface area contributed by atoms with Gasteiger partial charge in [0, 0.05) is 11.0 Å². The van der Waals surface area contributed by atoms with Gasteiger partial charge in [0.05, 0.1) is 11.4 Å². The first-order valence-corrected chi connectivity index (χ1v) is 7.10. The standard InChI is InChI=1S/C11H17BrN2S/c1-8(7-15-2)6-14-11-5-9(12)3-4-10(11)13/h3-5,8,14H,6-7,13H2,1-2H3. The van der Waals surface area contributed by atoms with Gasteiger partial charge < -0.3 is 11.1 Å². The first kappa shape index (κ1) is 12.7. The van der Waals surface area contributed by atoms with E-state index in [4.69, 9.17) is 5.73 Å². The quantitative estimate of drug-likeness (QED) is 0.815. The lowest BCUT2D eigenvalue weighted by atomic mass is 10.2. The number of halogens is 1. The van der Waals surface area contributed by atoms with E-state index in [0.29, 0.717) is 5.92 Å². The van der Waals surface area contributed by atoms with Gasteiger partial charge in [0.15, 0.2) is 0 Å². The van der Waals surface area contributed by atoms with E-state index in [1.54, 1.807) is 0 Å². The van der Waals surface area contributed by atoms with Crippen LogP contribution in [0, 0.1) is 5.92 Å². The molecule has 0 aliphatic carbocycles. The van der Waals surface area contributed by atoms with E-state index >= 15 is 0 Å². The monoisotopic (exact) mass is 288 g/mol. The number of anilines is 2. The number of hydrogen-bond acceptors (Lipinski definition) is 3. The van der Waals surface area contributed by atoms with Gasteiger partial charge in [0.1, 0.15) is 0 Å². The predicted molar refractivity (Wildman–Crippen MR) is 74.6 cm³/mol. The fourth-order valence-corrected chi connectivity index (χ4v) is 2.36. The third kappa shape index (κ3) is 4.34. The summed E-state index contributed by atoms with van der Waals surface area (Å²) in [6.07, 6.45) is 2.13. The van der Waals surface area contributed by atoms with Gasteiger partial charge in [0.25, 0.3) is 0 Å². The van der Waals surface area contributed by atoms with Crippen LogP contribution < -0.4 is 11.1 Å². The summed E-state index contributed by atoms with van der Waals surface area (Å²) in [7, 11) is 0. The van der Waals surface area contributed by atoms with E-state index < -0.39 is 0 Å². The van der Waals surface area contributed by atoms with Crippen molar-refractivity contribution < 1.29 is 0 Å². The third-order valence-corrected chi connectivity index (χ3v) is 3.50. The van der Waals surface area contributed by atoms with Gasteiger partial charge in [-0.2, -0.15) is 11.8 Å². The molecule has 0 aliphatic rings. The number of nitrogens with one attached hydrogen (secondary N) is 1. The highest BCUT2D eigenvalue weighted by Gasteiger charge is 2.03. The van der Waals surface area contributed by atoms with Crippen LogP contribution in [0.5, 0.6) is 0 Å². The zero-order valence-corrected chi connectivity index (χ0v) is 11.5. The van der Waals surface area contributed by atoms with Gasteiger partial charge >= 0.3 is 0 Å². The summed E-state index contributed by atoms with van der Waals surface area (Å²) in [6.45, 7) is 3.19. The first-order valence-electron chi connectivity index (χ1n) is 4.91. The Morgan fingerprint density at radius 2 is 2.27 bits per heavy atom. The van der Waals surface area contributed by atoms with E-state index in [1.165, 1.54) is 5.75 Å². The van der Waals surface area contributed by atoms with Crippen molar-refractivity contribution in [3.8, 4) is 0 Å². The molecule has 1 rings (SSSR count). The van der Waals surface area contributed by atoms with Crippen molar-refractivity contribution in [2.24, 2.45) is 5.92 Å². The van der Waals surface area contributed by atoms with Crippen LogP contribution in [0.2, 0.25) is 0 Å². The first-order chi connectivity index (χ1) is 7.13. The molecular formula is C11H17BrN2S. The predicted octanol–water partition coefficient (Wildman–Crippen LogP) is 3.44. The summed E-state index contributed by atoms with van der Waals surface area (Å²) >= 11 is 5.31. The number of nitrogen functional groups attached to an aromatic ring is 1. The maximum absolute atomic E-state index is 5.86. The second kappa shape index (κ2) is 6.28. The molecule has 0 amide bonds. The lowest BCUT2D eigenvalue weighted by Gasteiger charge is -2.14. The molecule has 2 nitrogen and oxygen atoms in total. The van der Waals surface area contributed by atoms with Gasteiger partial charge in [-0.15, -0.1) is 0 Å². The van der Waals surface area contributed by atoms with Crippen molar-refractivity contribution >= 4 is 39.1 Å². The molecule has 0 aliphatic heterocycles. The van der Waals surface area contributed by atoms with E-state index in [0.717, 1.165) is 22.4 Å². The number of thioether (sulfide) groups is 1. The third-order valence-electron chi connectivity index (χ3n) is 2.11. The summed E-state index contributed by atoms with van der Waals surface area (Å²) < 4.78 is 1.05. The molecule has 1 atom stereocenters. The highest BCUT2D eigenvalue weighted by atomic mass is 79.9. The molecule has 1 aromatic carbocycles. The number of nitrogens with two attached hydrogens (primary N) is 1. The van der Waals surface area contributed by atoms with Crippen molar-refractivity contribution in [1.82, 2.24) is 0 Å². The number of benzene rings is 1. The highest BCUT2D eigenvalue weighted by Crippen LogP contribution is 2.23. The minimum absolute atomic E-state index is 0.651. The van der Waals surface area contributed by atoms with Crippen LogP contribution in [0.25, 0.3) is 0 Å². The van der Waals surface area contributed by atoms with Crippen molar-refractivity contribution in [3.05, 3.63) is 22.7 Å². The van der Waals surface area contributed by atoms with Crippen molar-refractivity contribution in [3.63, 3.8) is 0 Å². The molecule has 0 bridgehead atoms. The summed E-state index contributed by atoms with van der Waals surface area (Å²) in [5.74, 6) is 1.82. The molecule has 0 spiro atoms. The molecule has 1 aromatic rings. The van der Waals surface area contributed by atoms with Gasteiger partial charge in [-0.3, -0.25) is 0 Å². The molecule has 0 saturated heterocycles. The molecule has 84 valence electrons. The van der Waals surface area contributed by atoms with E-state index in [-0.39, 0.29) is 0 Å². The van der Waals surface area contributed by atoms with Crippen LogP contribution in [0.1, 0.15) is 6.92 Å². The van der Waals surface area contributed by atoms with Crippen LogP contribution in [0.15, 0.2) is 22.7 Å². The fourth-order valence-electron chi connectivity index (χ4n) is 1.31. The van der Waals surface area contributed by atoms with Crippen molar-refractivity contribution in [2.75, 3.05) is 29.6 Å². The summed E-state index contributed by atoms with van der Waals surface area (Å²) in [5.41, 5.74) is 7.67. The summed E-state index contributed by atoms with van der Waals surface area (Å²) in [4.78, 5) is 0. The minimum atomic E-state index is 0.651. The molecular weight excluding hydrogens is 272 g/mol. The Balaban J connectivity index is 2.53. The lowest BCUT2D eigenvalue weighted by Crippen LogP contribution is -2.14. The maximum atomic E-state index is 5.86. The highest BCUT2D eigenvalue weighted by molar-refractivity contribution is 9.10. The van der Waals surface area contributed by atoms with E-state index in [2.05, 4.69) is 34.4 Å². The van der Waals surface area contributed by atoms with Gasteiger partial charge in [-0.1, -0.05) is 22.9 Å². The van der Waals surface area contributed by atoms with Crippen LogP contribution >= 0.6 is 27.7 Å². The van der Waals surface area contributed by atoms with Crippen LogP contribution in [0.3, 0.4) is 0 Å². The van der Waals surface area contributed by atoms with Crippen LogP contribution in [-0.4, -0.2) is 18.6 Å². The van der Waals surface area contributed by atoms with Gasteiger partial charge in [-0.05, 0) is 36.1 Å². The number of rotatable bonds is 5. The largest absolute Gasteiger partial charge is 0.397 e. The van der Waals surface area contributed by atoms with Crippen LogP contribution in [-0.2, 0) is 0 Å². The Hall–Kier alpha value is -0.350. The van der Waals surface area contributed by atoms with E-state index in [9.17, 15) is 0 Å². The zero-order chi connectivity index (χ0) is 11.3. The molecule has 0 saturated carbocycles. The summed E-state index contributed by atoms with van der Waals surface area (Å²) in [6, 6.07) is 5.87. The second-order valence-electron chi connectivity index (χ2n) is 3.67. The number of hydrogen-bond donors (Lipinski definition) is 2. The fraction of sp³-hybridized carbons (Fsp3) is 0.455. The molecule has 0 heterocycles. The van der Waals surface area contributed by atoms with Gasteiger partial charge in [0.2, 0.25) is 0 Å². The Morgan fingerprint density at radius 3 is 2.93 bits per heavy atom. The Morgan fingerprint density at radius 1 is 1.53 bits per heavy atom. The molecule has 4 heteroatoms. The smallest absolute Gasteiger partial charge is 0.0585 e. The molecule has 0 fully saturated rings. The second-order valence-corrected chi connectivity index (χ2v) is 5.50. The van der Waals surface area contributed by atoms with Crippen LogP contribution in [0.4, 0.5) is 11.4 Å². The zero-order valence-electron chi connectivity index (χ0n) is 9.09. The Labute approximate surface area is 104 Å². The molecule has 0 aromatic heterocycles. The minimum Gasteiger partial charge on any atom is -0.397 e. The van der Waals surface area contributed by atoms with Gasteiger partial charge in [-0.25, -0.2) is 0 Å². The lowest BCUT2D eigenvalue weighted by molar-refractivity contribution is 0.702. The van der Waals surface area contributed by atoms with Crippen molar-refractivity contribution in [1.29, 1.82) is 0 Å². The van der Waals surface area contributed by atoms with E-state index in [1.807, 2.05) is 30.0 Å². The SMILES string of the molecule is CSCC(C)CNc1cc(Br)ccc1N. The average Bonchev–Trinajstić information content (AvgIpc) is 2.20. The molecule has 1 unspecified atom stereocenters. The topological polar surface area (TPSA) is 38.0 Å².